The highest BCUT2D eigenvalue weighted by Crippen LogP contribution is 2.32. The van der Waals surface area contributed by atoms with Crippen LogP contribution in [0.25, 0.3) is 21.0 Å². The second-order valence-electron chi connectivity index (χ2n) is 5.70. The number of amides is 1. The van der Waals surface area contributed by atoms with Crippen LogP contribution in [0.1, 0.15) is 11.9 Å². The summed E-state index contributed by atoms with van der Waals surface area (Å²) in [5.74, 6) is 0.692. The molecule has 1 amide bonds. The van der Waals surface area contributed by atoms with Gasteiger partial charge in [-0.2, -0.15) is 0 Å². The first kappa shape index (κ1) is 15.6. The van der Waals surface area contributed by atoms with Gasteiger partial charge in [0.25, 0.3) is 0 Å². The Balaban J connectivity index is 1.64. The average molecular weight is 348 g/mol. The van der Waals surface area contributed by atoms with Crippen molar-refractivity contribution in [1.82, 2.24) is 4.98 Å². The van der Waals surface area contributed by atoms with Crippen LogP contribution < -0.4 is 10.1 Å². The Labute approximate surface area is 149 Å². The molecule has 0 aliphatic heterocycles. The van der Waals surface area contributed by atoms with E-state index in [1.807, 2.05) is 54.6 Å². The standard InChI is InChI=1S/C20H16N2O2S/c1-13(23)21-16-10-11-18(15-7-3-2-6-14(15)16)24-12-20-22-17-8-4-5-9-19(17)25-20/h2-11H,12H2,1H3,(H,21,23). The zero-order valence-electron chi connectivity index (χ0n) is 13.7. The lowest BCUT2D eigenvalue weighted by Crippen LogP contribution is -2.06. The van der Waals surface area contributed by atoms with Crippen LogP contribution in [-0.2, 0) is 11.4 Å². The first-order valence-electron chi connectivity index (χ1n) is 7.97. The van der Waals surface area contributed by atoms with Crippen molar-refractivity contribution < 1.29 is 9.53 Å². The number of nitrogens with zero attached hydrogens (tertiary/aromatic N) is 1. The fraction of sp³-hybridized carbons (Fsp3) is 0.100. The van der Waals surface area contributed by atoms with E-state index < -0.39 is 0 Å². The van der Waals surface area contributed by atoms with Crippen molar-refractivity contribution in [2.75, 3.05) is 5.32 Å². The van der Waals surface area contributed by atoms with E-state index in [2.05, 4.69) is 16.4 Å². The summed E-state index contributed by atoms with van der Waals surface area (Å²) in [6.07, 6.45) is 0. The second kappa shape index (κ2) is 6.53. The van der Waals surface area contributed by atoms with Gasteiger partial charge in [-0.15, -0.1) is 11.3 Å². The molecule has 0 saturated heterocycles. The molecule has 0 aliphatic rings. The summed E-state index contributed by atoms with van der Waals surface area (Å²) in [4.78, 5) is 16.0. The van der Waals surface area contributed by atoms with E-state index in [0.717, 1.165) is 37.4 Å². The lowest BCUT2D eigenvalue weighted by atomic mass is 10.1. The van der Waals surface area contributed by atoms with E-state index in [4.69, 9.17) is 4.74 Å². The van der Waals surface area contributed by atoms with Gasteiger partial charge in [-0.05, 0) is 24.3 Å². The second-order valence-corrected chi connectivity index (χ2v) is 6.82. The number of para-hydroxylation sites is 1. The van der Waals surface area contributed by atoms with Gasteiger partial charge in [-0.1, -0.05) is 36.4 Å². The number of carbonyl (C=O) groups is 1. The monoisotopic (exact) mass is 348 g/mol. The topological polar surface area (TPSA) is 51.2 Å². The van der Waals surface area contributed by atoms with Crippen molar-refractivity contribution in [2.45, 2.75) is 13.5 Å². The molecule has 0 radical (unpaired) electrons. The number of thiazole rings is 1. The van der Waals surface area contributed by atoms with E-state index in [0.29, 0.717) is 6.61 Å². The summed E-state index contributed by atoms with van der Waals surface area (Å²) >= 11 is 1.64. The van der Waals surface area contributed by atoms with Gasteiger partial charge >= 0.3 is 0 Å². The molecule has 0 saturated carbocycles. The molecule has 4 aromatic rings. The number of anilines is 1. The highest BCUT2D eigenvalue weighted by atomic mass is 32.1. The molecule has 4 nitrogen and oxygen atoms in total. The van der Waals surface area contributed by atoms with Gasteiger partial charge in [0.05, 0.1) is 10.2 Å². The molecule has 1 N–H and O–H groups in total. The number of hydrogen-bond donors (Lipinski definition) is 1. The number of carbonyl (C=O) groups excluding carboxylic acids is 1. The molecule has 124 valence electrons. The van der Waals surface area contributed by atoms with Crippen molar-refractivity contribution in [1.29, 1.82) is 0 Å². The number of nitrogens with one attached hydrogen (secondary N) is 1. The summed E-state index contributed by atoms with van der Waals surface area (Å²) in [6, 6.07) is 19.7. The lowest BCUT2D eigenvalue weighted by Gasteiger charge is -2.12. The zero-order valence-corrected chi connectivity index (χ0v) is 14.5. The largest absolute Gasteiger partial charge is 0.486 e. The minimum absolute atomic E-state index is 0.0895. The van der Waals surface area contributed by atoms with Crippen LogP contribution in [-0.4, -0.2) is 10.9 Å². The molecule has 25 heavy (non-hydrogen) atoms. The number of rotatable bonds is 4. The fourth-order valence-corrected chi connectivity index (χ4v) is 3.70. The Morgan fingerprint density at radius 1 is 1.04 bits per heavy atom. The maximum atomic E-state index is 11.4. The van der Waals surface area contributed by atoms with Gasteiger partial charge in [-0.25, -0.2) is 4.98 Å². The van der Waals surface area contributed by atoms with Crippen LogP contribution in [0.3, 0.4) is 0 Å². The third kappa shape index (κ3) is 3.19. The van der Waals surface area contributed by atoms with Gasteiger partial charge in [0.1, 0.15) is 17.4 Å². The maximum Gasteiger partial charge on any atom is 0.221 e. The van der Waals surface area contributed by atoms with Crippen molar-refractivity contribution in [2.24, 2.45) is 0 Å². The molecule has 4 rings (SSSR count). The van der Waals surface area contributed by atoms with Crippen molar-refractivity contribution >= 4 is 43.9 Å². The summed E-state index contributed by atoms with van der Waals surface area (Å²) < 4.78 is 7.19. The van der Waals surface area contributed by atoms with Gasteiger partial charge in [0.2, 0.25) is 5.91 Å². The first-order valence-corrected chi connectivity index (χ1v) is 8.79. The minimum Gasteiger partial charge on any atom is -0.486 e. The van der Waals surface area contributed by atoms with Gasteiger partial charge in [0.15, 0.2) is 0 Å². The third-order valence-electron chi connectivity index (χ3n) is 3.88. The summed E-state index contributed by atoms with van der Waals surface area (Å²) in [5, 5.41) is 5.73. The van der Waals surface area contributed by atoms with E-state index in [-0.39, 0.29) is 5.91 Å². The molecule has 1 heterocycles. The van der Waals surface area contributed by atoms with Crippen LogP contribution in [0, 0.1) is 0 Å². The molecule has 1 aromatic heterocycles. The van der Waals surface area contributed by atoms with Crippen LogP contribution in [0.2, 0.25) is 0 Å². The maximum absolute atomic E-state index is 11.4. The molecule has 0 spiro atoms. The molecule has 5 heteroatoms. The number of benzene rings is 3. The van der Waals surface area contributed by atoms with Crippen LogP contribution in [0.15, 0.2) is 60.7 Å². The molecule has 0 aliphatic carbocycles. The van der Waals surface area contributed by atoms with Gasteiger partial charge in [0, 0.05) is 23.4 Å². The molecular formula is C20H16N2O2S. The van der Waals surface area contributed by atoms with E-state index in [1.165, 1.54) is 6.92 Å². The number of ether oxygens (including phenoxy) is 1. The highest BCUT2D eigenvalue weighted by Gasteiger charge is 2.09. The normalized spacial score (nSPS) is 10.9. The van der Waals surface area contributed by atoms with E-state index in [9.17, 15) is 4.79 Å². The van der Waals surface area contributed by atoms with Crippen molar-refractivity contribution in [3.05, 3.63) is 65.7 Å². The lowest BCUT2D eigenvalue weighted by molar-refractivity contribution is -0.114. The van der Waals surface area contributed by atoms with Gasteiger partial charge in [-0.3, -0.25) is 4.79 Å². The average Bonchev–Trinajstić information content (AvgIpc) is 3.03. The predicted octanol–water partition coefficient (Wildman–Crippen LogP) is 4.99. The molecule has 0 unspecified atom stereocenters. The number of hydrogen-bond acceptors (Lipinski definition) is 4. The van der Waals surface area contributed by atoms with Crippen LogP contribution >= 0.6 is 11.3 Å². The van der Waals surface area contributed by atoms with Crippen LogP contribution in [0.5, 0.6) is 5.75 Å². The molecule has 0 atom stereocenters. The Hall–Kier alpha value is -2.92. The Kier molecular flexibility index (Phi) is 4.07. The molecule has 3 aromatic carbocycles. The first-order chi connectivity index (χ1) is 12.2. The Bertz CT molecular complexity index is 1040. The minimum atomic E-state index is -0.0895. The highest BCUT2D eigenvalue weighted by molar-refractivity contribution is 7.18. The predicted molar refractivity (Wildman–Crippen MR) is 102 cm³/mol. The fourth-order valence-electron chi connectivity index (χ4n) is 2.82. The van der Waals surface area contributed by atoms with E-state index >= 15 is 0 Å². The van der Waals surface area contributed by atoms with E-state index in [1.54, 1.807) is 11.3 Å². The zero-order chi connectivity index (χ0) is 17.2. The molecule has 0 fully saturated rings. The van der Waals surface area contributed by atoms with Crippen molar-refractivity contribution in [3.63, 3.8) is 0 Å². The number of aromatic nitrogens is 1. The van der Waals surface area contributed by atoms with Crippen LogP contribution in [0.4, 0.5) is 5.69 Å². The smallest absolute Gasteiger partial charge is 0.221 e. The SMILES string of the molecule is CC(=O)Nc1ccc(OCc2nc3ccccc3s2)c2ccccc12. The van der Waals surface area contributed by atoms with Crippen molar-refractivity contribution in [3.8, 4) is 5.75 Å². The molecule has 0 bridgehead atoms. The third-order valence-corrected chi connectivity index (χ3v) is 4.89. The summed E-state index contributed by atoms with van der Waals surface area (Å²) in [7, 11) is 0. The Morgan fingerprint density at radius 3 is 2.60 bits per heavy atom. The summed E-state index contributed by atoms with van der Waals surface area (Å²) in [6.45, 7) is 1.93. The Morgan fingerprint density at radius 2 is 1.80 bits per heavy atom. The van der Waals surface area contributed by atoms with Gasteiger partial charge < -0.3 is 10.1 Å². The molecular weight excluding hydrogens is 332 g/mol. The number of fused-ring (bicyclic) bond motifs is 2. The quantitative estimate of drug-likeness (QED) is 0.565. The summed E-state index contributed by atoms with van der Waals surface area (Å²) in [5.41, 5.74) is 1.78.